The number of amides is 2. The van der Waals surface area contributed by atoms with Crippen molar-refractivity contribution >= 4 is 12.0 Å². The molecule has 0 heterocycles. The maximum absolute atomic E-state index is 11.5. The molecule has 3 unspecified atom stereocenters. The summed E-state index contributed by atoms with van der Waals surface area (Å²) in [6.45, 7) is 5.44. The summed E-state index contributed by atoms with van der Waals surface area (Å²) in [5.41, 5.74) is -0.126. The summed E-state index contributed by atoms with van der Waals surface area (Å²) in [6, 6.07) is -1.34. The molecule has 6 heteroatoms. The topological polar surface area (TPSA) is 87.7 Å². The lowest BCUT2D eigenvalue weighted by Crippen LogP contribution is -2.63. The zero-order valence-corrected chi connectivity index (χ0v) is 10.6. The van der Waals surface area contributed by atoms with Gasteiger partial charge in [0.05, 0.1) is 6.10 Å². The van der Waals surface area contributed by atoms with Crippen LogP contribution >= 0.6 is 0 Å². The van der Waals surface area contributed by atoms with Crippen LogP contribution in [0.1, 0.15) is 27.2 Å². The van der Waals surface area contributed by atoms with Gasteiger partial charge in [0.1, 0.15) is 6.04 Å². The molecule has 1 aliphatic rings. The van der Waals surface area contributed by atoms with Crippen molar-refractivity contribution in [2.24, 2.45) is 5.41 Å². The first-order valence-electron chi connectivity index (χ1n) is 5.61. The minimum Gasteiger partial charge on any atom is -0.480 e. The molecule has 0 radical (unpaired) electrons. The standard InChI is InChI=1S/C11H20N2O4/c1-6(9(14)15)12-10(16)13-7-5-8(17-4)11(7,2)3/h6-8H,5H2,1-4H3,(H,14,15)(H2,12,13,16). The Kier molecular flexibility index (Phi) is 3.98. The number of carbonyl (C=O) groups is 2. The quantitative estimate of drug-likeness (QED) is 0.674. The number of carbonyl (C=O) groups excluding carboxylic acids is 1. The first kappa shape index (κ1) is 13.8. The van der Waals surface area contributed by atoms with Gasteiger partial charge in [0.25, 0.3) is 0 Å². The molecule has 17 heavy (non-hydrogen) atoms. The monoisotopic (exact) mass is 244 g/mol. The fraction of sp³-hybridized carbons (Fsp3) is 0.818. The van der Waals surface area contributed by atoms with Gasteiger partial charge in [-0.1, -0.05) is 13.8 Å². The average molecular weight is 244 g/mol. The number of hydrogen-bond acceptors (Lipinski definition) is 3. The van der Waals surface area contributed by atoms with Gasteiger partial charge in [0.15, 0.2) is 0 Å². The lowest BCUT2D eigenvalue weighted by molar-refractivity contribution is -0.138. The van der Waals surface area contributed by atoms with Gasteiger partial charge in [0, 0.05) is 18.6 Å². The molecular formula is C11H20N2O4. The van der Waals surface area contributed by atoms with Gasteiger partial charge in [-0.25, -0.2) is 4.79 Å². The highest BCUT2D eigenvalue weighted by molar-refractivity contribution is 5.82. The van der Waals surface area contributed by atoms with E-state index in [9.17, 15) is 9.59 Å². The van der Waals surface area contributed by atoms with E-state index < -0.39 is 18.0 Å². The Morgan fingerprint density at radius 1 is 1.47 bits per heavy atom. The number of hydrogen-bond donors (Lipinski definition) is 3. The second-order valence-corrected chi connectivity index (χ2v) is 5.01. The Balaban J connectivity index is 2.41. The van der Waals surface area contributed by atoms with Crippen LogP contribution in [0.2, 0.25) is 0 Å². The van der Waals surface area contributed by atoms with E-state index in [1.54, 1.807) is 7.11 Å². The SMILES string of the molecule is COC1CC(NC(=O)NC(C)C(=O)O)C1(C)C. The Morgan fingerprint density at radius 3 is 2.47 bits per heavy atom. The Hall–Kier alpha value is -1.30. The van der Waals surface area contributed by atoms with E-state index in [-0.39, 0.29) is 17.6 Å². The minimum absolute atomic E-state index is 0.00782. The van der Waals surface area contributed by atoms with E-state index in [0.717, 1.165) is 6.42 Å². The Labute approximate surface area is 101 Å². The molecule has 2 amide bonds. The second-order valence-electron chi connectivity index (χ2n) is 5.01. The highest BCUT2D eigenvalue weighted by Crippen LogP contribution is 2.42. The van der Waals surface area contributed by atoms with Crippen LogP contribution in [-0.2, 0) is 9.53 Å². The van der Waals surface area contributed by atoms with Crippen LogP contribution in [0.15, 0.2) is 0 Å². The summed E-state index contributed by atoms with van der Waals surface area (Å²) in [4.78, 5) is 22.1. The fourth-order valence-corrected chi connectivity index (χ4v) is 1.99. The number of carboxylic acids is 1. The maximum Gasteiger partial charge on any atom is 0.325 e. The third-order valence-electron chi connectivity index (χ3n) is 3.49. The summed E-state index contributed by atoms with van der Waals surface area (Å²) in [5.74, 6) is -1.05. The molecule has 0 aromatic rings. The lowest BCUT2D eigenvalue weighted by Gasteiger charge is -2.51. The Morgan fingerprint density at radius 2 is 2.06 bits per heavy atom. The molecule has 1 fully saturated rings. The number of aliphatic carboxylic acids is 1. The van der Waals surface area contributed by atoms with Crippen LogP contribution in [0.4, 0.5) is 4.79 Å². The minimum atomic E-state index is -1.05. The average Bonchev–Trinajstić information content (AvgIpc) is 2.23. The predicted octanol–water partition coefficient (Wildman–Crippen LogP) is 0.572. The van der Waals surface area contributed by atoms with Gasteiger partial charge < -0.3 is 20.5 Å². The lowest BCUT2D eigenvalue weighted by atomic mass is 9.64. The summed E-state index contributed by atoms with van der Waals surface area (Å²) in [5, 5.41) is 13.8. The molecule has 3 atom stereocenters. The van der Waals surface area contributed by atoms with Crippen LogP contribution < -0.4 is 10.6 Å². The van der Waals surface area contributed by atoms with Crippen LogP contribution in [0.5, 0.6) is 0 Å². The van der Waals surface area contributed by atoms with Crippen LogP contribution in [0, 0.1) is 5.41 Å². The molecule has 1 aliphatic carbocycles. The van der Waals surface area contributed by atoms with Crippen molar-refractivity contribution in [2.75, 3.05) is 7.11 Å². The molecule has 0 spiro atoms. The van der Waals surface area contributed by atoms with Crippen LogP contribution in [0.3, 0.4) is 0 Å². The van der Waals surface area contributed by atoms with E-state index in [4.69, 9.17) is 9.84 Å². The smallest absolute Gasteiger partial charge is 0.325 e. The second kappa shape index (κ2) is 4.91. The molecular weight excluding hydrogens is 224 g/mol. The number of urea groups is 1. The van der Waals surface area contributed by atoms with Crippen molar-refractivity contribution in [1.82, 2.24) is 10.6 Å². The van der Waals surface area contributed by atoms with Gasteiger partial charge in [-0.2, -0.15) is 0 Å². The first-order valence-corrected chi connectivity index (χ1v) is 5.61. The van der Waals surface area contributed by atoms with Crippen LogP contribution in [-0.4, -0.2) is 42.4 Å². The van der Waals surface area contributed by atoms with Gasteiger partial charge in [0.2, 0.25) is 0 Å². The van der Waals surface area contributed by atoms with Gasteiger partial charge >= 0.3 is 12.0 Å². The van der Waals surface area contributed by atoms with Gasteiger partial charge in [-0.05, 0) is 13.3 Å². The molecule has 3 N–H and O–H groups in total. The molecule has 0 aliphatic heterocycles. The molecule has 6 nitrogen and oxygen atoms in total. The largest absolute Gasteiger partial charge is 0.480 e. The van der Waals surface area contributed by atoms with Crippen molar-refractivity contribution in [3.8, 4) is 0 Å². The third-order valence-corrected chi connectivity index (χ3v) is 3.49. The Bertz CT molecular complexity index is 317. The van der Waals surface area contributed by atoms with Crippen molar-refractivity contribution in [3.63, 3.8) is 0 Å². The number of carboxylic acid groups (broad SMARTS) is 1. The van der Waals surface area contributed by atoms with Crippen molar-refractivity contribution in [1.29, 1.82) is 0 Å². The summed E-state index contributed by atoms with van der Waals surface area (Å²) in [6.07, 6.45) is 0.878. The summed E-state index contributed by atoms with van der Waals surface area (Å²) >= 11 is 0. The normalized spacial score (nSPS) is 27.8. The number of methoxy groups -OCH3 is 1. The zero-order chi connectivity index (χ0) is 13.2. The van der Waals surface area contributed by atoms with E-state index in [1.807, 2.05) is 13.8 Å². The number of rotatable bonds is 4. The van der Waals surface area contributed by atoms with Gasteiger partial charge in [-0.3, -0.25) is 4.79 Å². The highest BCUT2D eigenvalue weighted by Gasteiger charge is 2.49. The third kappa shape index (κ3) is 2.88. The number of ether oxygens (including phenoxy) is 1. The molecule has 1 rings (SSSR count). The molecule has 98 valence electrons. The van der Waals surface area contributed by atoms with E-state index in [1.165, 1.54) is 6.92 Å². The van der Waals surface area contributed by atoms with E-state index >= 15 is 0 Å². The molecule has 0 saturated heterocycles. The van der Waals surface area contributed by atoms with Crippen molar-refractivity contribution in [2.45, 2.75) is 45.4 Å². The molecule has 0 aromatic carbocycles. The summed E-state index contributed by atoms with van der Waals surface area (Å²) < 4.78 is 5.27. The first-order chi connectivity index (χ1) is 7.78. The number of nitrogens with one attached hydrogen (secondary N) is 2. The van der Waals surface area contributed by atoms with Crippen molar-refractivity contribution < 1.29 is 19.4 Å². The molecule has 0 bridgehead atoms. The van der Waals surface area contributed by atoms with E-state index in [0.29, 0.717) is 0 Å². The summed E-state index contributed by atoms with van der Waals surface area (Å²) in [7, 11) is 1.65. The van der Waals surface area contributed by atoms with Crippen molar-refractivity contribution in [3.05, 3.63) is 0 Å². The molecule has 1 saturated carbocycles. The van der Waals surface area contributed by atoms with Gasteiger partial charge in [-0.15, -0.1) is 0 Å². The molecule has 0 aromatic heterocycles. The predicted molar refractivity (Wildman–Crippen MR) is 61.7 cm³/mol. The maximum atomic E-state index is 11.5. The fourth-order valence-electron chi connectivity index (χ4n) is 1.99. The van der Waals surface area contributed by atoms with E-state index in [2.05, 4.69) is 10.6 Å². The van der Waals surface area contributed by atoms with Crippen LogP contribution in [0.25, 0.3) is 0 Å². The highest BCUT2D eigenvalue weighted by atomic mass is 16.5. The zero-order valence-electron chi connectivity index (χ0n) is 10.6.